The van der Waals surface area contributed by atoms with Crippen LogP contribution in [0.5, 0.6) is 0 Å². The highest BCUT2D eigenvalue weighted by molar-refractivity contribution is 5.97. The fourth-order valence-corrected chi connectivity index (χ4v) is 2.14. The first kappa shape index (κ1) is 16.7. The van der Waals surface area contributed by atoms with Crippen LogP contribution in [0.4, 0.5) is 11.4 Å². The van der Waals surface area contributed by atoms with Gasteiger partial charge < -0.3 is 19.1 Å². The van der Waals surface area contributed by atoms with Gasteiger partial charge in [0.2, 0.25) is 0 Å². The fourth-order valence-electron chi connectivity index (χ4n) is 2.14. The van der Waals surface area contributed by atoms with Crippen molar-refractivity contribution in [3.63, 3.8) is 0 Å². The van der Waals surface area contributed by atoms with Gasteiger partial charge in [-0.3, -0.25) is 10.1 Å². The number of carbonyl (C=O) groups excluding carboxylic acids is 2. The Morgan fingerprint density at radius 3 is 2.65 bits per heavy atom. The van der Waals surface area contributed by atoms with E-state index >= 15 is 0 Å². The van der Waals surface area contributed by atoms with Gasteiger partial charge in [0.1, 0.15) is 0 Å². The van der Waals surface area contributed by atoms with Gasteiger partial charge in [-0.1, -0.05) is 0 Å². The second kappa shape index (κ2) is 7.54. The topological polar surface area (TPSA) is 108 Å². The molecular formula is C14H16N2O7. The number of benzene rings is 1. The standard InChI is InChI=1S/C14H16N2O7/c1-21-13(17)9-23-14(18)11-8-10(16(19)20)2-3-12(11)15-4-6-22-7-5-15/h2-3,8H,4-7,9H2,1H3. The van der Waals surface area contributed by atoms with Gasteiger partial charge in [-0.05, 0) is 6.07 Å². The highest BCUT2D eigenvalue weighted by atomic mass is 16.6. The summed E-state index contributed by atoms with van der Waals surface area (Å²) in [6, 6.07) is 3.96. The van der Waals surface area contributed by atoms with Crippen molar-refractivity contribution in [2.45, 2.75) is 0 Å². The lowest BCUT2D eigenvalue weighted by molar-refractivity contribution is -0.384. The summed E-state index contributed by atoms with van der Waals surface area (Å²) in [5.74, 6) is -1.53. The van der Waals surface area contributed by atoms with Gasteiger partial charge in [0.05, 0.1) is 36.5 Å². The van der Waals surface area contributed by atoms with Crippen LogP contribution < -0.4 is 4.90 Å². The molecule has 0 amide bonds. The average molecular weight is 324 g/mol. The summed E-state index contributed by atoms with van der Waals surface area (Å²) in [7, 11) is 1.17. The van der Waals surface area contributed by atoms with Crippen LogP contribution in [0.1, 0.15) is 10.4 Å². The molecule has 0 unspecified atom stereocenters. The van der Waals surface area contributed by atoms with Crippen molar-refractivity contribution in [3.8, 4) is 0 Å². The Morgan fingerprint density at radius 2 is 2.04 bits per heavy atom. The Labute approximate surface area is 131 Å². The van der Waals surface area contributed by atoms with Crippen molar-refractivity contribution in [3.05, 3.63) is 33.9 Å². The van der Waals surface area contributed by atoms with E-state index in [1.807, 2.05) is 4.90 Å². The summed E-state index contributed by atoms with van der Waals surface area (Å²) >= 11 is 0. The number of nitro groups is 1. The second-order valence-corrected chi connectivity index (χ2v) is 4.71. The Kier molecular flexibility index (Phi) is 5.47. The Morgan fingerprint density at radius 1 is 1.35 bits per heavy atom. The predicted molar refractivity (Wildman–Crippen MR) is 78.4 cm³/mol. The van der Waals surface area contributed by atoms with E-state index in [1.165, 1.54) is 19.2 Å². The van der Waals surface area contributed by atoms with Crippen molar-refractivity contribution >= 4 is 23.3 Å². The minimum Gasteiger partial charge on any atom is -0.466 e. The number of methoxy groups -OCH3 is 1. The molecule has 124 valence electrons. The lowest BCUT2D eigenvalue weighted by atomic mass is 10.1. The smallest absolute Gasteiger partial charge is 0.344 e. The molecule has 0 aromatic heterocycles. The third kappa shape index (κ3) is 4.16. The molecule has 1 aromatic rings. The zero-order valence-corrected chi connectivity index (χ0v) is 12.5. The summed E-state index contributed by atoms with van der Waals surface area (Å²) in [6.45, 7) is 1.53. The van der Waals surface area contributed by atoms with Gasteiger partial charge in [0.25, 0.3) is 5.69 Å². The lowest BCUT2D eigenvalue weighted by Crippen LogP contribution is -2.37. The third-order valence-electron chi connectivity index (χ3n) is 3.31. The molecule has 0 aliphatic carbocycles. The van der Waals surface area contributed by atoms with Crippen molar-refractivity contribution < 1.29 is 28.7 Å². The number of nitro benzene ring substituents is 1. The van der Waals surface area contributed by atoms with Crippen molar-refractivity contribution in [1.29, 1.82) is 0 Å². The molecule has 1 heterocycles. The highest BCUT2D eigenvalue weighted by Crippen LogP contribution is 2.27. The molecule has 9 heteroatoms. The maximum absolute atomic E-state index is 12.2. The Hall–Kier alpha value is -2.68. The summed E-state index contributed by atoms with van der Waals surface area (Å²) < 4.78 is 14.5. The van der Waals surface area contributed by atoms with Crippen LogP contribution in [0.15, 0.2) is 18.2 Å². The number of rotatable bonds is 5. The molecule has 1 aromatic carbocycles. The predicted octanol–water partition coefficient (Wildman–Crippen LogP) is 0.761. The SMILES string of the molecule is COC(=O)COC(=O)c1cc([N+](=O)[O-])ccc1N1CCOCC1. The monoisotopic (exact) mass is 324 g/mol. The van der Waals surface area contributed by atoms with Crippen LogP contribution >= 0.6 is 0 Å². The van der Waals surface area contributed by atoms with Gasteiger partial charge in [0.15, 0.2) is 6.61 Å². The van der Waals surface area contributed by atoms with E-state index in [2.05, 4.69) is 4.74 Å². The molecule has 0 bridgehead atoms. The summed E-state index contributed by atoms with van der Waals surface area (Å²) in [4.78, 5) is 35.5. The van der Waals surface area contributed by atoms with E-state index in [9.17, 15) is 19.7 Å². The van der Waals surface area contributed by atoms with Crippen LogP contribution in [0, 0.1) is 10.1 Å². The molecule has 1 aliphatic heterocycles. The first-order chi connectivity index (χ1) is 11.0. The quantitative estimate of drug-likeness (QED) is 0.444. The molecule has 0 saturated carbocycles. The van der Waals surface area contributed by atoms with E-state index in [0.717, 1.165) is 6.07 Å². The third-order valence-corrected chi connectivity index (χ3v) is 3.31. The second-order valence-electron chi connectivity index (χ2n) is 4.71. The highest BCUT2D eigenvalue weighted by Gasteiger charge is 2.23. The molecule has 9 nitrogen and oxygen atoms in total. The lowest BCUT2D eigenvalue weighted by Gasteiger charge is -2.30. The molecule has 0 spiro atoms. The maximum Gasteiger partial charge on any atom is 0.344 e. The van der Waals surface area contributed by atoms with Crippen molar-refractivity contribution in [1.82, 2.24) is 0 Å². The number of hydrogen-bond donors (Lipinski definition) is 0. The van der Waals surface area contributed by atoms with Gasteiger partial charge in [-0.25, -0.2) is 9.59 Å². The van der Waals surface area contributed by atoms with Crippen molar-refractivity contribution in [2.24, 2.45) is 0 Å². The number of anilines is 1. The van der Waals surface area contributed by atoms with Crippen LogP contribution in [0.25, 0.3) is 0 Å². The number of hydrogen-bond acceptors (Lipinski definition) is 8. The van der Waals surface area contributed by atoms with Gasteiger partial charge in [-0.15, -0.1) is 0 Å². The minimum absolute atomic E-state index is 0.0324. The van der Waals surface area contributed by atoms with Crippen LogP contribution in [0.2, 0.25) is 0 Å². The normalized spacial score (nSPS) is 14.2. The van der Waals surface area contributed by atoms with Gasteiger partial charge in [0, 0.05) is 25.2 Å². The summed E-state index contributed by atoms with van der Waals surface area (Å²) in [5, 5.41) is 10.9. The molecule has 1 aliphatic rings. The van der Waals surface area contributed by atoms with Crippen LogP contribution in [0.3, 0.4) is 0 Å². The zero-order valence-electron chi connectivity index (χ0n) is 12.5. The first-order valence-electron chi connectivity index (χ1n) is 6.88. The number of carbonyl (C=O) groups is 2. The number of non-ortho nitro benzene ring substituents is 1. The molecule has 1 saturated heterocycles. The maximum atomic E-state index is 12.2. The zero-order chi connectivity index (χ0) is 16.8. The minimum atomic E-state index is -0.819. The molecule has 23 heavy (non-hydrogen) atoms. The van der Waals surface area contributed by atoms with Crippen LogP contribution in [-0.2, 0) is 19.0 Å². The Bertz CT molecular complexity index is 611. The molecule has 0 atom stereocenters. The fraction of sp³-hybridized carbons (Fsp3) is 0.429. The van der Waals surface area contributed by atoms with E-state index < -0.39 is 23.5 Å². The molecule has 2 rings (SSSR count). The number of esters is 2. The molecular weight excluding hydrogens is 308 g/mol. The van der Waals surface area contributed by atoms with E-state index in [-0.39, 0.29) is 11.3 Å². The molecule has 1 fully saturated rings. The van der Waals surface area contributed by atoms with Crippen molar-refractivity contribution in [2.75, 3.05) is 44.9 Å². The van der Waals surface area contributed by atoms with Gasteiger partial charge >= 0.3 is 11.9 Å². The molecule has 0 N–H and O–H groups in total. The first-order valence-corrected chi connectivity index (χ1v) is 6.88. The number of ether oxygens (including phenoxy) is 3. The van der Waals surface area contributed by atoms with E-state index in [0.29, 0.717) is 32.0 Å². The number of morpholine rings is 1. The van der Waals surface area contributed by atoms with Gasteiger partial charge in [-0.2, -0.15) is 0 Å². The Balaban J connectivity index is 2.28. The van der Waals surface area contributed by atoms with Crippen LogP contribution in [-0.4, -0.2) is 56.9 Å². The number of nitrogens with zero attached hydrogens (tertiary/aromatic N) is 2. The molecule has 0 radical (unpaired) electrons. The summed E-state index contributed by atoms with van der Waals surface area (Å²) in [5.41, 5.74) is 0.311. The average Bonchev–Trinajstić information content (AvgIpc) is 2.59. The van der Waals surface area contributed by atoms with E-state index in [4.69, 9.17) is 9.47 Å². The largest absolute Gasteiger partial charge is 0.466 e. The van der Waals surface area contributed by atoms with E-state index in [1.54, 1.807) is 0 Å². The summed E-state index contributed by atoms with van der Waals surface area (Å²) in [6.07, 6.45) is 0.